The van der Waals surface area contributed by atoms with E-state index in [4.69, 9.17) is 14.8 Å². The third-order valence-electron chi connectivity index (χ3n) is 4.26. The molecule has 0 amide bonds. The lowest BCUT2D eigenvalue weighted by molar-refractivity contribution is 0.0697. The lowest BCUT2D eigenvalue weighted by atomic mass is 9.95. The van der Waals surface area contributed by atoms with Gasteiger partial charge in [-0.25, -0.2) is 9.78 Å². The predicted octanol–water partition coefficient (Wildman–Crippen LogP) is 3.55. The molecule has 4 nitrogen and oxygen atoms in total. The number of para-hydroxylation sites is 1. The van der Waals surface area contributed by atoms with Gasteiger partial charge in [-0.1, -0.05) is 30.3 Å². The van der Waals surface area contributed by atoms with Crippen LogP contribution in [0.3, 0.4) is 0 Å². The minimum absolute atomic E-state index is 0.307. The van der Waals surface area contributed by atoms with Crippen LogP contribution in [-0.2, 0) is 24.4 Å². The summed E-state index contributed by atoms with van der Waals surface area (Å²) < 4.78 is 5.57. The zero-order valence-electron chi connectivity index (χ0n) is 12.5. The van der Waals surface area contributed by atoms with Gasteiger partial charge in [-0.3, -0.25) is 0 Å². The van der Waals surface area contributed by atoms with Gasteiger partial charge in [0.15, 0.2) is 0 Å². The molecule has 1 aliphatic heterocycles. The third kappa shape index (κ3) is 2.47. The van der Waals surface area contributed by atoms with Gasteiger partial charge >= 0.3 is 5.97 Å². The van der Waals surface area contributed by atoms with Crippen LogP contribution in [-0.4, -0.2) is 16.1 Å². The van der Waals surface area contributed by atoms with E-state index >= 15 is 0 Å². The maximum Gasteiger partial charge on any atom is 0.335 e. The molecule has 0 radical (unpaired) electrons. The molecule has 2 aromatic carbocycles. The van der Waals surface area contributed by atoms with Crippen LogP contribution in [0.15, 0.2) is 48.5 Å². The number of carboxylic acid groups (broad SMARTS) is 1. The van der Waals surface area contributed by atoms with Crippen molar-refractivity contribution in [1.82, 2.24) is 4.98 Å². The first kappa shape index (κ1) is 13.9. The van der Waals surface area contributed by atoms with E-state index in [1.807, 2.05) is 30.3 Å². The molecule has 3 aromatic rings. The first-order valence-electron chi connectivity index (χ1n) is 7.52. The highest BCUT2D eigenvalue weighted by molar-refractivity contribution is 5.87. The van der Waals surface area contributed by atoms with Crippen molar-refractivity contribution in [1.29, 1.82) is 0 Å². The van der Waals surface area contributed by atoms with Gasteiger partial charge in [-0.05, 0) is 35.7 Å². The standard InChI is InChI=1S/C19H15NO3/c21-19(22)13-7-5-12(6-8-13)9-15-14-3-1-2-4-17(14)20-18-11-23-10-16(15)18/h1-8H,9-11H2,(H,21,22). The minimum Gasteiger partial charge on any atom is -0.478 e. The number of aromatic carboxylic acids is 1. The summed E-state index contributed by atoms with van der Waals surface area (Å²) in [6.45, 7) is 1.15. The van der Waals surface area contributed by atoms with Gasteiger partial charge in [0.2, 0.25) is 0 Å². The molecule has 0 spiro atoms. The molecule has 1 N–H and O–H groups in total. The number of hydrogen-bond acceptors (Lipinski definition) is 3. The second-order valence-electron chi connectivity index (χ2n) is 5.70. The Labute approximate surface area is 133 Å². The Bertz CT molecular complexity index is 900. The van der Waals surface area contributed by atoms with Crippen molar-refractivity contribution >= 4 is 16.9 Å². The van der Waals surface area contributed by atoms with Gasteiger partial charge in [0.05, 0.1) is 30.0 Å². The average molecular weight is 305 g/mol. The smallest absolute Gasteiger partial charge is 0.335 e. The van der Waals surface area contributed by atoms with Crippen LogP contribution in [0.5, 0.6) is 0 Å². The number of rotatable bonds is 3. The number of carboxylic acids is 1. The molecule has 1 aromatic heterocycles. The average Bonchev–Trinajstić information content (AvgIpc) is 3.03. The summed E-state index contributed by atoms with van der Waals surface area (Å²) in [5, 5.41) is 10.1. The Morgan fingerprint density at radius 3 is 2.65 bits per heavy atom. The van der Waals surface area contributed by atoms with Crippen molar-refractivity contribution < 1.29 is 14.6 Å². The highest BCUT2D eigenvalue weighted by Crippen LogP contribution is 2.30. The summed E-state index contributed by atoms with van der Waals surface area (Å²) in [7, 11) is 0. The van der Waals surface area contributed by atoms with Gasteiger partial charge in [-0.15, -0.1) is 0 Å². The zero-order chi connectivity index (χ0) is 15.8. The topological polar surface area (TPSA) is 59.4 Å². The minimum atomic E-state index is -0.903. The number of benzene rings is 2. The summed E-state index contributed by atoms with van der Waals surface area (Å²) in [5.74, 6) is -0.903. The molecule has 2 heterocycles. The van der Waals surface area contributed by atoms with E-state index in [0.29, 0.717) is 18.8 Å². The summed E-state index contributed by atoms with van der Waals surface area (Å²) in [6.07, 6.45) is 0.745. The second-order valence-corrected chi connectivity index (χ2v) is 5.70. The van der Waals surface area contributed by atoms with Crippen LogP contribution < -0.4 is 0 Å². The van der Waals surface area contributed by atoms with Gasteiger partial charge in [0.25, 0.3) is 0 Å². The van der Waals surface area contributed by atoms with Gasteiger partial charge < -0.3 is 9.84 Å². The first-order valence-corrected chi connectivity index (χ1v) is 7.52. The molecule has 0 saturated heterocycles. The molecule has 0 saturated carbocycles. The van der Waals surface area contributed by atoms with Crippen LogP contribution in [0.4, 0.5) is 0 Å². The number of ether oxygens (including phenoxy) is 1. The van der Waals surface area contributed by atoms with Crippen LogP contribution in [0, 0.1) is 0 Å². The highest BCUT2D eigenvalue weighted by Gasteiger charge is 2.20. The van der Waals surface area contributed by atoms with Crippen molar-refractivity contribution in [3.63, 3.8) is 0 Å². The Kier molecular flexibility index (Phi) is 3.32. The van der Waals surface area contributed by atoms with Crippen LogP contribution in [0.1, 0.15) is 32.7 Å². The number of nitrogens with zero attached hydrogens (tertiary/aromatic N) is 1. The van der Waals surface area contributed by atoms with Crippen molar-refractivity contribution in [2.24, 2.45) is 0 Å². The SMILES string of the molecule is O=C(O)c1ccc(Cc2c3c(nc4ccccc24)COC3)cc1. The molecule has 4 rings (SSSR count). The Hall–Kier alpha value is -2.72. The second kappa shape index (κ2) is 5.48. The summed E-state index contributed by atoms with van der Waals surface area (Å²) in [5.41, 5.74) is 5.79. The summed E-state index contributed by atoms with van der Waals surface area (Å²) in [6, 6.07) is 15.2. The quantitative estimate of drug-likeness (QED) is 0.804. The molecule has 1 aliphatic rings. The maximum absolute atomic E-state index is 11.0. The van der Waals surface area contributed by atoms with Crippen molar-refractivity contribution in [3.8, 4) is 0 Å². The van der Waals surface area contributed by atoms with E-state index in [1.54, 1.807) is 12.1 Å². The monoisotopic (exact) mass is 305 g/mol. The largest absolute Gasteiger partial charge is 0.478 e. The van der Waals surface area contributed by atoms with Crippen LogP contribution >= 0.6 is 0 Å². The molecule has 0 bridgehead atoms. The van der Waals surface area contributed by atoms with E-state index < -0.39 is 5.97 Å². The van der Waals surface area contributed by atoms with E-state index in [2.05, 4.69) is 6.07 Å². The van der Waals surface area contributed by atoms with Gasteiger partial charge in [-0.2, -0.15) is 0 Å². The van der Waals surface area contributed by atoms with E-state index in [1.165, 1.54) is 11.1 Å². The number of aromatic nitrogens is 1. The number of fused-ring (bicyclic) bond motifs is 2. The summed E-state index contributed by atoms with van der Waals surface area (Å²) in [4.78, 5) is 15.7. The van der Waals surface area contributed by atoms with E-state index in [-0.39, 0.29) is 0 Å². The lowest BCUT2D eigenvalue weighted by Gasteiger charge is -2.12. The fraction of sp³-hybridized carbons (Fsp3) is 0.158. The van der Waals surface area contributed by atoms with Gasteiger partial charge in [0, 0.05) is 10.9 Å². The fourth-order valence-corrected chi connectivity index (χ4v) is 3.09. The normalized spacial score (nSPS) is 13.2. The van der Waals surface area contributed by atoms with Gasteiger partial charge in [0.1, 0.15) is 0 Å². The highest BCUT2D eigenvalue weighted by atomic mass is 16.5. The number of pyridine rings is 1. The molecule has 114 valence electrons. The summed E-state index contributed by atoms with van der Waals surface area (Å²) >= 11 is 0. The van der Waals surface area contributed by atoms with Crippen molar-refractivity contribution in [3.05, 3.63) is 76.5 Å². The van der Waals surface area contributed by atoms with Crippen molar-refractivity contribution in [2.45, 2.75) is 19.6 Å². The molecule has 0 fully saturated rings. The molecular weight excluding hydrogens is 290 g/mol. The first-order chi connectivity index (χ1) is 11.2. The van der Waals surface area contributed by atoms with Crippen molar-refractivity contribution in [2.75, 3.05) is 0 Å². The Morgan fingerprint density at radius 1 is 1.09 bits per heavy atom. The third-order valence-corrected chi connectivity index (χ3v) is 4.26. The number of hydrogen-bond donors (Lipinski definition) is 1. The Balaban J connectivity index is 1.80. The maximum atomic E-state index is 11.0. The molecule has 0 aliphatic carbocycles. The zero-order valence-corrected chi connectivity index (χ0v) is 12.5. The Morgan fingerprint density at radius 2 is 1.87 bits per heavy atom. The lowest BCUT2D eigenvalue weighted by Crippen LogP contribution is -2.01. The predicted molar refractivity (Wildman–Crippen MR) is 86.4 cm³/mol. The van der Waals surface area contributed by atoms with E-state index in [9.17, 15) is 4.79 Å². The molecule has 23 heavy (non-hydrogen) atoms. The molecule has 0 atom stereocenters. The molecule has 0 unspecified atom stereocenters. The molecule has 4 heteroatoms. The fourth-order valence-electron chi connectivity index (χ4n) is 3.09. The molecular formula is C19H15NO3. The van der Waals surface area contributed by atoms with E-state index in [0.717, 1.165) is 28.6 Å². The van der Waals surface area contributed by atoms with Crippen LogP contribution in [0.2, 0.25) is 0 Å². The van der Waals surface area contributed by atoms with Crippen LogP contribution in [0.25, 0.3) is 10.9 Å². The number of carbonyl (C=O) groups is 1.